The summed E-state index contributed by atoms with van der Waals surface area (Å²) in [5.74, 6) is -1.92. The Labute approximate surface area is 101 Å². The third-order valence-electron chi connectivity index (χ3n) is 2.20. The summed E-state index contributed by atoms with van der Waals surface area (Å²) in [7, 11) is 1.29. The molecule has 0 unspecified atom stereocenters. The lowest BCUT2D eigenvalue weighted by molar-refractivity contribution is -0.165. The number of hydrogen-bond donors (Lipinski definition) is 0. The molecule has 0 aliphatic heterocycles. The topological polar surface area (TPSA) is 69.7 Å². The first-order valence-electron chi connectivity index (χ1n) is 5.51. The van der Waals surface area contributed by atoms with Gasteiger partial charge in [0.15, 0.2) is 0 Å². The van der Waals surface area contributed by atoms with Crippen molar-refractivity contribution < 1.29 is 23.9 Å². The van der Waals surface area contributed by atoms with Crippen LogP contribution in [-0.4, -0.2) is 25.0 Å². The molecule has 0 saturated carbocycles. The van der Waals surface area contributed by atoms with Crippen molar-refractivity contribution in [2.45, 2.75) is 40.5 Å². The van der Waals surface area contributed by atoms with Gasteiger partial charge in [0.05, 0.1) is 18.4 Å². The minimum absolute atomic E-state index is 0.0259. The van der Waals surface area contributed by atoms with Crippen LogP contribution in [0.15, 0.2) is 0 Å². The van der Waals surface area contributed by atoms with Gasteiger partial charge in [0, 0.05) is 6.42 Å². The molecule has 0 fully saturated rings. The lowest BCUT2D eigenvalue weighted by atomic mass is 9.97. The highest BCUT2D eigenvalue weighted by Gasteiger charge is 2.26. The van der Waals surface area contributed by atoms with Crippen molar-refractivity contribution in [2.24, 2.45) is 11.3 Å². The van der Waals surface area contributed by atoms with E-state index in [1.54, 1.807) is 27.7 Å². The summed E-state index contributed by atoms with van der Waals surface area (Å²) in [6, 6.07) is 0. The zero-order valence-corrected chi connectivity index (χ0v) is 11.0. The first-order valence-corrected chi connectivity index (χ1v) is 5.51. The minimum Gasteiger partial charge on any atom is -0.469 e. The number of hydrogen-bond acceptors (Lipinski definition) is 5. The second kappa shape index (κ2) is 6.37. The zero-order valence-electron chi connectivity index (χ0n) is 11.0. The summed E-state index contributed by atoms with van der Waals surface area (Å²) in [5.41, 5.74) is -0.705. The normalized spacial score (nSPS) is 12.8. The monoisotopic (exact) mass is 244 g/mol. The molecule has 0 radical (unpaired) electrons. The molecule has 0 bridgehead atoms. The largest absolute Gasteiger partial charge is 0.469 e. The molecule has 5 nitrogen and oxygen atoms in total. The Balaban J connectivity index is 4.05. The lowest BCUT2D eigenvalue weighted by Crippen LogP contribution is -2.26. The van der Waals surface area contributed by atoms with Crippen LogP contribution in [0.1, 0.15) is 40.5 Å². The molecule has 0 rings (SSSR count). The quantitative estimate of drug-likeness (QED) is 0.556. The van der Waals surface area contributed by atoms with Crippen molar-refractivity contribution >= 4 is 17.9 Å². The van der Waals surface area contributed by atoms with E-state index in [1.165, 1.54) is 7.11 Å². The molecule has 0 aliphatic carbocycles. The van der Waals surface area contributed by atoms with Gasteiger partial charge in [0.1, 0.15) is 0 Å². The third-order valence-corrected chi connectivity index (χ3v) is 2.20. The second-order valence-electron chi connectivity index (χ2n) is 4.97. The third kappa shape index (κ3) is 6.04. The molecule has 5 heteroatoms. The summed E-state index contributed by atoms with van der Waals surface area (Å²) in [4.78, 5) is 33.8. The Morgan fingerprint density at radius 3 is 2.12 bits per heavy atom. The maximum absolute atomic E-state index is 11.4. The highest BCUT2D eigenvalue weighted by atomic mass is 16.6. The van der Waals surface area contributed by atoms with Gasteiger partial charge in [-0.05, 0) is 27.2 Å². The van der Waals surface area contributed by atoms with Gasteiger partial charge >= 0.3 is 17.9 Å². The maximum Gasteiger partial charge on any atom is 0.318 e. The molecule has 0 aliphatic rings. The fourth-order valence-electron chi connectivity index (χ4n) is 0.961. The van der Waals surface area contributed by atoms with E-state index < -0.39 is 17.4 Å². The molecule has 0 amide bonds. The van der Waals surface area contributed by atoms with Gasteiger partial charge in [-0.3, -0.25) is 14.4 Å². The van der Waals surface area contributed by atoms with E-state index in [4.69, 9.17) is 0 Å². The van der Waals surface area contributed by atoms with E-state index in [1.807, 2.05) is 0 Å². The first-order chi connectivity index (χ1) is 7.68. The predicted molar refractivity (Wildman–Crippen MR) is 61.0 cm³/mol. The van der Waals surface area contributed by atoms with Crippen LogP contribution in [0.2, 0.25) is 0 Å². The van der Waals surface area contributed by atoms with Crippen molar-refractivity contribution in [1.29, 1.82) is 0 Å². The number of carbonyl (C=O) groups excluding carboxylic acids is 3. The predicted octanol–water partition coefficient (Wildman–Crippen LogP) is 1.69. The average Bonchev–Trinajstić information content (AvgIpc) is 2.23. The Kier molecular flexibility index (Phi) is 5.85. The fraction of sp³-hybridized carbons (Fsp3) is 0.750. The Hall–Kier alpha value is -1.39. The summed E-state index contributed by atoms with van der Waals surface area (Å²) >= 11 is 0. The molecule has 0 heterocycles. The average molecular weight is 244 g/mol. The number of methoxy groups -OCH3 is 1. The molecular weight excluding hydrogens is 224 g/mol. The Morgan fingerprint density at radius 2 is 1.71 bits per heavy atom. The van der Waals surface area contributed by atoms with Crippen LogP contribution in [-0.2, 0) is 23.9 Å². The van der Waals surface area contributed by atoms with E-state index in [0.29, 0.717) is 6.42 Å². The van der Waals surface area contributed by atoms with Gasteiger partial charge < -0.3 is 9.47 Å². The molecule has 1 atom stereocenters. The van der Waals surface area contributed by atoms with Crippen LogP contribution >= 0.6 is 0 Å². The standard InChI is InChI=1S/C12H20O5/c1-8(10(14)16-5)6-7-9(13)17-11(15)12(2,3)4/h8H,6-7H2,1-5H3/t8-/m0/s1. The zero-order chi connectivity index (χ0) is 13.6. The SMILES string of the molecule is COC(=O)[C@@H](C)CCC(=O)OC(=O)C(C)(C)C. The van der Waals surface area contributed by atoms with Gasteiger partial charge in [0.2, 0.25) is 0 Å². The lowest BCUT2D eigenvalue weighted by Gasteiger charge is -2.15. The smallest absolute Gasteiger partial charge is 0.318 e. The number of esters is 3. The molecule has 0 aromatic carbocycles. The van der Waals surface area contributed by atoms with Crippen molar-refractivity contribution in [2.75, 3.05) is 7.11 Å². The van der Waals surface area contributed by atoms with Crippen LogP contribution in [0, 0.1) is 11.3 Å². The number of carbonyl (C=O) groups is 3. The van der Waals surface area contributed by atoms with Gasteiger partial charge in [-0.2, -0.15) is 0 Å². The van der Waals surface area contributed by atoms with Crippen molar-refractivity contribution in [3.63, 3.8) is 0 Å². The summed E-state index contributed by atoms with van der Waals surface area (Å²) in [6.07, 6.45) is 0.334. The number of ether oxygens (including phenoxy) is 2. The number of rotatable bonds is 4. The van der Waals surface area contributed by atoms with Crippen LogP contribution in [0.25, 0.3) is 0 Å². The molecular formula is C12H20O5. The Morgan fingerprint density at radius 1 is 1.18 bits per heavy atom. The molecule has 0 spiro atoms. The van der Waals surface area contributed by atoms with E-state index in [0.717, 1.165) is 0 Å². The minimum atomic E-state index is -0.705. The fourth-order valence-corrected chi connectivity index (χ4v) is 0.961. The van der Waals surface area contributed by atoms with Crippen LogP contribution in [0.5, 0.6) is 0 Å². The van der Waals surface area contributed by atoms with Crippen LogP contribution in [0.3, 0.4) is 0 Å². The second-order valence-corrected chi connectivity index (χ2v) is 4.97. The van der Waals surface area contributed by atoms with Crippen molar-refractivity contribution in [3.8, 4) is 0 Å². The van der Waals surface area contributed by atoms with E-state index >= 15 is 0 Å². The molecule has 0 aromatic rings. The highest BCUT2D eigenvalue weighted by molar-refractivity contribution is 5.88. The first kappa shape index (κ1) is 15.6. The molecule has 17 heavy (non-hydrogen) atoms. The van der Waals surface area contributed by atoms with Crippen molar-refractivity contribution in [3.05, 3.63) is 0 Å². The van der Waals surface area contributed by atoms with E-state index in [2.05, 4.69) is 9.47 Å². The molecule has 98 valence electrons. The molecule has 0 N–H and O–H groups in total. The van der Waals surface area contributed by atoms with Gasteiger partial charge in [-0.25, -0.2) is 0 Å². The molecule has 0 aromatic heterocycles. The van der Waals surface area contributed by atoms with E-state index in [9.17, 15) is 14.4 Å². The van der Waals surface area contributed by atoms with Crippen molar-refractivity contribution in [1.82, 2.24) is 0 Å². The van der Waals surface area contributed by atoms with E-state index in [-0.39, 0.29) is 18.3 Å². The van der Waals surface area contributed by atoms with Gasteiger partial charge in [0.25, 0.3) is 0 Å². The highest BCUT2D eigenvalue weighted by Crippen LogP contribution is 2.16. The maximum atomic E-state index is 11.4. The van der Waals surface area contributed by atoms with Gasteiger partial charge in [-0.15, -0.1) is 0 Å². The van der Waals surface area contributed by atoms with Crippen LogP contribution < -0.4 is 0 Å². The van der Waals surface area contributed by atoms with Crippen LogP contribution in [0.4, 0.5) is 0 Å². The Bertz CT molecular complexity index is 301. The van der Waals surface area contributed by atoms with Gasteiger partial charge in [-0.1, -0.05) is 6.92 Å². The summed E-state index contributed by atoms with van der Waals surface area (Å²) in [5, 5.41) is 0. The summed E-state index contributed by atoms with van der Waals surface area (Å²) < 4.78 is 9.17. The molecule has 0 saturated heterocycles. The summed E-state index contributed by atoms with van der Waals surface area (Å²) in [6.45, 7) is 6.66.